The molecular formula is C25H31Cl2N3O. The van der Waals surface area contributed by atoms with E-state index in [1.807, 2.05) is 43.1 Å². The summed E-state index contributed by atoms with van der Waals surface area (Å²) in [7, 11) is 1.70. The highest BCUT2D eigenvalue weighted by molar-refractivity contribution is 5.85. The van der Waals surface area contributed by atoms with Gasteiger partial charge in [-0.1, -0.05) is 48.4 Å². The molecule has 1 aliphatic rings. The van der Waals surface area contributed by atoms with E-state index in [0.29, 0.717) is 0 Å². The summed E-state index contributed by atoms with van der Waals surface area (Å²) in [5.41, 5.74) is 2.72. The van der Waals surface area contributed by atoms with Gasteiger partial charge in [-0.2, -0.15) is 5.26 Å². The van der Waals surface area contributed by atoms with Crippen molar-refractivity contribution in [2.45, 2.75) is 50.5 Å². The van der Waals surface area contributed by atoms with Crippen molar-refractivity contribution >= 4 is 24.8 Å². The number of ether oxygens (including phenoxy) is 1. The van der Waals surface area contributed by atoms with E-state index in [9.17, 15) is 0 Å². The second kappa shape index (κ2) is 11.4. The molecule has 1 aliphatic heterocycles. The van der Waals surface area contributed by atoms with E-state index in [1.165, 1.54) is 5.56 Å². The lowest BCUT2D eigenvalue weighted by atomic mass is 9.75. The monoisotopic (exact) mass is 459 g/mol. The van der Waals surface area contributed by atoms with E-state index >= 15 is 0 Å². The van der Waals surface area contributed by atoms with Crippen LogP contribution in [-0.2, 0) is 17.4 Å². The maximum atomic E-state index is 8.86. The number of nitrogens with two attached hydrogens (primary N) is 1. The molecule has 0 bridgehead atoms. The van der Waals surface area contributed by atoms with Crippen molar-refractivity contribution in [1.82, 2.24) is 5.01 Å². The van der Waals surface area contributed by atoms with Crippen molar-refractivity contribution in [2.24, 2.45) is 5.84 Å². The molecule has 3 rings (SSSR count). The molecule has 31 heavy (non-hydrogen) atoms. The Labute approximate surface area is 198 Å². The van der Waals surface area contributed by atoms with Crippen LogP contribution < -0.4 is 10.6 Å². The third-order valence-corrected chi connectivity index (χ3v) is 6.02. The molecule has 1 saturated heterocycles. The number of rotatable bonds is 5. The topological polar surface area (TPSA) is 62.3 Å². The fourth-order valence-electron chi connectivity index (χ4n) is 4.28. The van der Waals surface area contributed by atoms with Gasteiger partial charge in [-0.25, -0.2) is 5.01 Å². The summed E-state index contributed by atoms with van der Waals surface area (Å²) in [6, 6.07) is 18.7. The molecule has 0 amide bonds. The zero-order valence-corrected chi connectivity index (χ0v) is 20.0. The fourth-order valence-corrected chi connectivity index (χ4v) is 4.28. The van der Waals surface area contributed by atoms with E-state index in [2.05, 4.69) is 42.2 Å². The maximum absolute atomic E-state index is 8.86. The van der Waals surface area contributed by atoms with Gasteiger partial charge in [0.05, 0.1) is 18.1 Å². The van der Waals surface area contributed by atoms with Crippen molar-refractivity contribution in [2.75, 3.05) is 13.7 Å². The smallest absolute Gasteiger partial charge is 0.152 e. The SMILES string of the molecule is COc1ccc(C(C)(C)C#CC#N)cc1CC1(c2ccccc2)CCCCN1N.Cl.Cl. The molecule has 1 atom stereocenters. The molecule has 4 nitrogen and oxygen atoms in total. The number of hydrazine groups is 1. The summed E-state index contributed by atoms with van der Waals surface area (Å²) in [6.07, 6.45) is 4.01. The first-order chi connectivity index (χ1) is 13.9. The minimum atomic E-state index is -0.425. The number of hydrogen-bond acceptors (Lipinski definition) is 4. The van der Waals surface area contributed by atoms with Crippen molar-refractivity contribution in [1.29, 1.82) is 5.26 Å². The lowest BCUT2D eigenvalue weighted by molar-refractivity contribution is 0.0420. The van der Waals surface area contributed by atoms with Gasteiger partial charge in [-0.05, 0) is 62.3 Å². The molecule has 0 radical (unpaired) electrons. The third-order valence-electron chi connectivity index (χ3n) is 6.02. The minimum Gasteiger partial charge on any atom is -0.496 e. The van der Waals surface area contributed by atoms with Gasteiger partial charge < -0.3 is 4.74 Å². The van der Waals surface area contributed by atoms with Crippen molar-refractivity contribution < 1.29 is 4.74 Å². The molecule has 0 saturated carbocycles. The van der Waals surface area contributed by atoms with Crippen LogP contribution in [0.15, 0.2) is 48.5 Å². The van der Waals surface area contributed by atoms with E-state index in [1.54, 1.807) is 7.11 Å². The van der Waals surface area contributed by atoms with E-state index in [0.717, 1.165) is 49.1 Å². The lowest BCUT2D eigenvalue weighted by Gasteiger charge is -2.45. The van der Waals surface area contributed by atoms with Crippen LogP contribution in [-0.4, -0.2) is 18.7 Å². The Morgan fingerprint density at radius 2 is 1.84 bits per heavy atom. The average Bonchev–Trinajstić information content (AvgIpc) is 2.74. The molecule has 2 aromatic carbocycles. The van der Waals surface area contributed by atoms with Gasteiger partial charge in [-0.15, -0.1) is 24.8 Å². The number of hydrogen-bond donors (Lipinski definition) is 1. The molecule has 166 valence electrons. The first-order valence-electron chi connectivity index (χ1n) is 10.1. The van der Waals surface area contributed by atoms with Crippen LogP contribution in [0.2, 0.25) is 0 Å². The van der Waals surface area contributed by atoms with Gasteiger partial charge in [0.25, 0.3) is 0 Å². The van der Waals surface area contributed by atoms with Crippen LogP contribution in [0.4, 0.5) is 0 Å². The Hall–Kier alpha value is -2.21. The molecule has 0 aromatic heterocycles. The highest BCUT2D eigenvalue weighted by Gasteiger charge is 2.40. The molecule has 6 heteroatoms. The predicted octanol–water partition coefficient (Wildman–Crippen LogP) is 5.14. The van der Waals surface area contributed by atoms with E-state index in [-0.39, 0.29) is 30.4 Å². The quantitative estimate of drug-likeness (QED) is 0.496. The molecule has 2 N–H and O–H groups in total. The normalized spacial score (nSPS) is 18.4. The van der Waals surface area contributed by atoms with Crippen LogP contribution in [0.1, 0.15) is 49.8 Å². The van der Waals surface area contributed by atoms with Gasteiger partial charge in [0.15, 0.2) is 6.07 Å². The number of nitrogens with zero attached hydrogens (tertiary/aromatic N) is 2. The summed E-state index contributed by atoms with van der Waals surface area (Å²) in [6.45, 7) is 4.94. The van der Waals surface area contributed by atoms with Crippen LogP contribution in [0, 0.1) is 23.2 Å². The Balaban J connectivity index is 0.00000240. The molecule has 0 spiro atoms. The second-order valence-electron chi connectivity index (χ2n) is 8.24. The number of nitriles is 1. The predicted molar refractivity (Wildman–Crippen MR) is 130 cm³/mol. The van der Waals surface area contributed by atoms with Crippen LogP contribution in [0.5, 0.6) is 5.75 Å². The largest absolute Gasteiger partial charge is 0.496 e. The van der Waals surface area contributed by atoms with Crippen LogP contribution in [0.3, 0.4) is 0 Å². The average molecular weight is 460 g/mol. The van der Waals surface area contributed by atoms with Crippen molar-refractivity contribution in [3.05, 3.63) is 65.2 Å². The number of halogens is 2. The van der Waals surface area contributed by atoms with E-state index in [4.69, 9.17) is 15.8 Å². The Bertz CT molecular complexity index is 960. The van der Waals surface area contributed by atoms with Crippen LogP contribution >= 0.6 is 24.8 Å². The first kappa shape index (κ1) is 26.8. The molecule has 1 unspecified atom stereocenters. The highest BCUT2D eigenvalue weighted by Crippen LogP contribution is 2.41. The maximum Gasteiger partial charge on any atom is 0.152 e. The van der Waals surface area contributed by atoms with Gasteiger partial charge >= 0.3 is 0 Å². The Morgan fingerprint density at radius 3 is 2.45 bits per heavy atom. The Kier molecular flexibility index (Phi) is 9.88. The fraction of sp³-hybridized carbons (Fsp3) is 0.400. The molecular weight excluding hydrogens is 429 g/mol. The zero-order valence-electron chi connectivity index (χ0n) is 18.4. The first-order valence-corrected chi connectivity index (χ1v) is 10.1. The number of benzene rings is 2. The van der Waals surface area contributed by atoms with Gasteiger partial charge in [0.2, 0.25) is 0 Å². The van der Waals surface area contributed by atoms with Gasteiger partial charge in [-0.3, -0.25) is 5.84 Å². The summed E-state index contributed by atoms with van der Waals surface area (Å²) in [4.78, 5) is 0. The third kappa shape index (κ3) is 5.73. The molecule has 0 aliphatic carbocycles. The molecule has 1 heterocycles. The van der Waals surface area contributed by atoms with Crippen LogP contribution in [0.25, 0.3) is 0 Å². The van der Waals surface area contributed by atoms with Gasteiger partial charge in [0, 0.05) is 12.5 Å². The standard InChI is InChI=1S/C25H29N3O.2ClH/c1-24(2,14-9-16-26)22-12-13-23(29-3)20(18-22)19-25(15-7-8-17-28(25)27)21-10-5-4-6-11-21;;/h4-6,10-13,18H,7-8,15,17,19,27H2,1-3H3;2*1H. The molecule has 1 fully saturated rings. The lowest BCUT2D eigenvalue weighted by Crippen LogP contribution is -2.54. The zero-order chi connectivity index (χ0) is 20.9. The van der Waals surface area contributed by atoms with Gasteiger partial charge in [0.1, 0.15) is 5.75 Å². The number of piperidine rings is 1. The van der Waals surface area contributed by atoms with E-state index < -0.39 is 5.41 Å². The summed E-state index contributed by atoms with van der Waals surface area (Å²) in [5, 5.41) is 10.9. The molecule has 2 aromatic rings. The van der Waals surface area contributed by atoms with Crippen molar-refractivity contribution in [3.63, 3.8) is 0 Å². The Morgan fingerprint density at radius 1 is 1.13 bits per heavy atom. The van der Waals surface area contributed by atoms with Crippen molar-refractivity contribution in [3.8, 4) is 23.7 Å². The second-order valence-corrected chi connectivity index (χ2v) is 8.24. The minimum absolute atomic E-state index is 0. The number of methoxy groups -OCH3 is 1. The summed E-state index contributed by atoms with van der Waals surface area (Å²) < 4.78 is 5.70. The summed E-state index contributed by atoms with van der Waals surface area (Å²) in [5.74, 6) is 13.1. The summed E-state index contributed by atoms with van der Waals surface area (Å²) >= 11 is 0. The highest BCUT2D eigenvalue weighted by atomic mass is 35.5.